The molecule has 2 aromatic rings. The predicted molar refractivity (Wildman–Crippen MR) is 122 cm³/mol. The Morgan fingerprint density at radius 3 is 2.78 bits per heavy atom. The van der Waals surface area contributed by atoms with Gasteiger partial charge < -0.3 is 23.9 Å². The lowest BCUT2D eigenvalue weighted by molar-refractivity contribution is -0.131. The van der Waals surface area contributed by atoms with Gasteiger partial charge in [0.1, 0.15) is 12.5 Å². The molecule has 1 aromatic heterocycles. The Morgan fingerprint density at radius 1 is 1.38 bits per heavy atom. The van der Waals surface area contributed by atoms with Crippen LogP contribution < -0.4 is 10.2 Å². The van der Waals surface area contributed by atoms with Crippen molar-refractivity contribution in [3.63, 3.8) is 0 Å². The molecule has 10 heteroatoms. The third kappa shape index (κ3) is 6.02. The largest absolute Gasteiger partial charge is 0.413 e. The first kappa shape index (κ1) is 24.1. The number of nitrogens with zero attached hydrogens (tertiary/aromatic N) is 3. The summed E-state index contributed by atoms with van der Waals surface area (Å²) in [6, 6.07) is 4.98. The van der Waals surface area contributed by atoms with Gasteiger partial charge in [-0.05, 0) is 37.1 Å². The van der Waals surface area contributed by atoms with Crippen LogP contribution in [0.2, 0.25) is 5.04 Å². The summed E-state index contributed by atoms with van der Waals surface area (Å²) in [6.45, 7) is 11.5. The Hall–Kier alpha value is -2.56. The van der Waals surface area contributed by atoms with Gasteiger partial charge in [0.15, 0.2) is 9.76 Å². The standard InChI is InChI=1S/C22H31FN4O4Si/c1-21(2,3)32-31-22(4,5)19-11-26(13-25-19)18-7-6-15(8-17(18)23)27-10-16(30-14-27)9-24-20(29)12-28/h6-8,11-13,16H,9-10,14,32H2,1-5H3,(H,24,29). The van der Waals surface area contributed by atoms with Crippen LogP contribution in [0.25, 0.3) is 5.69 Å². The molecule has 1 unspecified atom stereocenters. The number of anilines is 1. The van der Waals surface area contributed by atoms with Crippen molar-refractivity contribution in [2.45, 2.75) is 51.4 Å². The molecule has 1 aliphatic heterocycles. The van der Waals surface area contributed by atoms with Crippen molar-refractivity contribution in [1.29, 1.82) is 0 Å². The highest BCUT2D eigenvalue weighted by atomic mass is 28.2. The zero-order chi connectivity index (χ0) is 23.5. The Kier molecular flexibility index (Phi) is 7.16. The smallest absolute Gasteiger partial charge is 0.284 e. The van der Waals surface area contributed by atoms with Crippen LogP contribution in [0.4, 0.5) is 10.1 Å². The first-order valence-electron chi connectivity index (χ1n) is 10.6. The molecule has 8 nitrogen and oxygen atoms in total. The summed E-state index contributed by atoms with van der Waals surface area (Å²) >= 11 is 0. The summed E-state index contributed by atoms with van der Waals surface area (Å²) in [5, 5.41) is 2.64. The number of halogens is 1. The molecule has 0 spiro atoms. The fraction of sp³-hybridized carbons (Fsp3) is 0.500. The summed E-state index contributed by atoms with van der Waals surface area (Å²) in [5.74, 6) is -1.07. The minimum absolute atomic E-state index is 0.167. The van der Waals surface area contributed by atoms with Gasteiger partial charge in [0.2, 0.25) is 6.29 Å². The molecule has 0 aliphatic carbocycles. The third-order valence-corrected chi connectivity index (χ3v) is 6.87. The molecule has 2 heterocycles. The third-order valence-electron chi connectivity index (χ3n) is 5.14. The van der Waals surface area contributed by atoms with Crippen LogP contribution in [0.3, 0.4) is 0 Å². The average molecular weight is 463 g/mol. The van der Waals surface area contributed by atoms with Crippen LogP contribution in [-0.2, 0) is 24.4 Å². The Balaban J connectivity index is 1.67. The fourth-order valence-electron chi connectivity index (χ4n) is 3.24. The minimum Gasteiger partial charge on any atom is -0.413 e. The highest BCUT2D eigenvalue weighted by Crippen LogP contribution is 2.30. The van der Waals surface area contributed by atoms with E-state index in [1.807, 2.05) is 24.8 Å². The van der Waals surface area contributed by atoms with Crippen LogP contribution in [0.15, 0.2) is 30.7 Å². The Labute approximate surface area is 190 Å². The second-order valence-electron chi connectivity index (χ2n) is 9.66. The number of hydrogen-bond donors (Lipinski definition) is 1. The van der Waals surface area contributed by atoms with Gasteiger partial charge >= 0.3 is 0 Å². The van der Waals surface area contributed by atoms with Crippen LogP contribution in [0.1, 0.15) is 40.3 Å². The van der Waals surface area contributed by atoms with E-state index in [4.69, 9.17) is 9.16 Å². The van der Waals surface area contributed by atoms with E-state index in [9.17, 15) is 14.0 Å². The molecular formula is C22H31FN4O4Si. The summed E-state index contributed by atoms with van der Waals surface area (Å²) in [5.41, 5.74) is 1.29. The van der Waals surface area contributed by atoms with Crippen LogP contribution in [0.5, 0.6) is 0 Å². The molecule has 0 radical (unpaired) electrons. The fourth-order valence-corrected chi connectivity index (χ4v) is 4.19. The number of aldehydes is 1. The van der Waals surface area contributed by atoms with Crippen molar-refractivity contribution in [2.24, 2.45) is 0 Å². The zero-order valence-electron chi connectivity index (χ0n) is 19.2. The molecule has 1 N–H and O–H groups in total. The van der Waals surface area contributed by atoms with Crippen molar-refractivity contribution >= 4 is 27.6 Å². The van der Waals surface area contributed by atoms with E-state index < -0.39 is 21.3 Å². The predicted octanol–water partition coefficient (Wildman–Crippen LogP) is 2.04. The summed E-state index contributed by atoms with van der Waals surface area (Å²) in [4.78, 5) is 27.8. The monoisotopic (exact) mass is 462 g/mol. The molecular weight excluding hydrogens is 431 g/mol. The number of imidazole rings is 1. The van der Waals surface area contributed by atoms with Crippen LogP contribution >= 0.6 is 0 Å². The number of rotatable bonds is 8. The van der Waals surface area contributed by atoms with Crippen molar-refractivity contribution in [3.05, 3.63) is 42.2 Å². The van der Waals surface area contributed by atoms with Crippen molar-refractivity contribution in [1.82, 2.24) is 14.9 Å². The summed E-state index contributed by atoms with van der Waals surface area (Å²) in [6.07, 6.45) is 3.36. The van der Waals surface area contributed by atoms with Gasteiger partial charge in [0.05, 0.1) is 29.4 Å². The van der Waals surface area contributed by atoms with Crippen LogP contribution in [0, 0.1) is 5.82 Å². The maximum Gasteiger partial charge on any atom is 0.284 e. The van der Waals surface area contributed by atoms with E-state index in [-0.39, 0.29) is 36.5 Å². The number of carbonyl (C=O) groups excluding carboxylic acids is 2. The van der Waals surface area contributed by atoms with E-state index in [1.54, 1.807) is 23.2 Å². The first-order valence-corrected chi connectivity index (χ1v) is 11.8. The molecule has 0 bridgehead atoms. The maximum atomic E-state index is 15.0. The van der Waals surface area contributed by atoms with E-state index in [0.717, 1.165) is 5.69 Å². The second kappa shape index (κ2) is 9.51. The molecule has 174 valence electrons. The Morgan fingerprint density at radius 2 is 2.12 bits per heavy atom. The van der Waals surface area contributed by atoms with E-state index >= 15 is 0 Å². The molecule has 1 amide bonds. The van der Waals surface area contributed by atoms with Gasteiger partial charge in [-0.3, -0.25) is 9.59 Å². The zero-order valence-corrected chi connectivity index (χ0v) is 20.6. The van der Waals surface area contributed by atoms with Gasteiger partial charge in [0.25, 0.3) is 5.91 Å². The van der Waals surface area contributed by atoms with Gasteiger partial charge in [-0.2, -0.15) is 0 Å². The minimum atomic E-state index is -0.769. The molecule has 32 heavy (non-hydrogen) atoms. The van der Waals surface area contributed by atoms with Crippen LogP contribution in [-0.4, -0.2) is 57.4 Å². The number of hydrogen-bond acceptors (Lipinski definition) is 6. The molecule has 1 aromatic carbocycles. The van der Waals surface area contributed by atoms with Gasteiger partial charge in [-0.15, -0.1) is 0 Å². The number of nitrogens with one attached hydrogen (secondary N) is 1. The molecule has 0 saturated carbocycles. The number of benzene rings is 1. The number of amides is 1. The van der Waals surface area contributed by atoms with E-state index in [1.165, 1.54) is 6.07 Å². The number of ether oxygens (including phenoxy) is 1. The normalized spacial score (nSPS) is 17.3. The molecule has 3 rings (SSSR count). The lowest BCUT2D eigenvalue weighted by Gasteiger charge is -2.28. The summed E-state index contributed by atoms with van der Waals surface area (Å²) < 4.78 is 28.4. The average Bonchev–Trinajstić information content (AvgIpc) is 3.40. The number of aromatic nitrogens is 2. The van der Waals surface area contributed by atoms with Gasteiger partial charge in [0, 0.05) is 25.0 Å². The maximum absolute atomic E-state index is 15.0. The highest BCUT2D eigenvalue weighted by molar-refractivity contribution is 6.31. The topological polar surface area (TPSA) is 85.7 Å². The van der Waals surface area contributed by atoms with Crippen molar-refractivity contribution in [2.75, 3.05) is 24.7 Å². The second-order valence-corrected chi connectivity index (χ2v) is 12.4. The number of carbonyl (C=O) groups is 2. The van der Waals surface area contributed by atoms with E-state index in [0.29, 0.717) is 17.9 Å². The quantitative estimate of drug-likeness (QED) is 0.367. The molecule has 1 saturated heterocycles. The lowest BCUT2D eigenvalue weighted by atomic mass is 10.1. The SMILES string of the molecule is CC(C)(C)[SiH2]OC(C)(C)c1cn(-c2ccc(N3COC(CNC(=O)C=O)C3)cc2F)cn1. The van der Waals surface area contributed by atoms with Gasteiger partial charge in [-0.1, -0.05) is 20.8 Å². The molecule has 1 atom stereocenters. The lowest BCUT2D eigenvalue weighted by Crippen LogP contribution is -2.35. The van der Waals surface area contributed by atoms with Gasteiger partial charge in [-0.25, -0.2) is 9.37 Å². The first-order chi connectivity index (χ1) is 15.0. The van der Waals surface area contributed by atoms with Crippen molar-refractivity contribution < 1.29 is 23.1 Å². The Bertz CT molecular complexity index is 973. The highest BCUT2D eigenvalue weighted by Gasteiger charge is 2.28. The van der Waals surface area contributed by atoms with E-state index in [2.05, 4.69) is 31.1 Å². The molecule has 1 aliphatic rings. The summed E-state index contributed by atoms with van der Waals surface area (Å²) in [7, 11) is -0.769. The van der Waals surface area contributed by atoms with Crippen molar-refractivity contribution in [3.8, 4) is 5.69 Å². The molecule has 1 fully saturated rings.